The van der Waals surface area contributed by atoms with Crippen LogP contribution >= 0.6 is 0 Å². The second-order valence-corrected chi connectivity index (χ2v) is 4.38. The number of nitrogens with one attached hydrogen (secondary N) is 1. The summed E-state index contributed by atoms with van der Waals surface area (Å²) in [5.74, 6) is 0.203. The van der Waals surface area contributed by atoms with Gasteiger partial charge in [-0.2, -0.15) is 8.78 Å². The predicted octanol–water partition coefficient (Wildman–Crippen LogP) is 4.03. The molecule has 0 aromatic heterocycles. The van der Waals surface area contributed by atoms with Crippen LogP contribution in [0.1, 0.15) is 32.1 Å². The van der Waals surface area contributed by atoms with E-state index >= 15 is 0 Å². The third-order valence-electron chi connectivity index (χ3n) is 3.06. The summed E-state index contributed by atoms with van der Waals surface area (Å²) < 4.78 is 28.2. The molecule has 1 aliphatic rings. The minimum atomic E-state index is -2.76. The first-order valence-corrected chi connectivity index (χ1v) is 6.05. The van der Waals surface area contributed by atoms with E-state index in [0.29, 0.717) is 6.04 Å². The molecule has 4 heteroatoms. The van der Waals surface area contributed by atoms with E-state index in [9.17, 15) is 8.78 Å². The second-order valence-electron chi connectivity index (χ2n) is 4.38. The van der Waals surface area contributed by atoms with E-state index in [0.717, 1.165) is 5.69 Å². The number of ether oxygens (including phenoxy) is 1. The Morgan fingerprint density at radius 3 is 2.29 bits per heavy atom. The summed E-state index contributed by atoms with van der Waals surface area (Å²) in [6.07, 6.45) is 6.23. The largest absolute Gasteiger partial charge is 0.435 e. The van der Waals surface area contributed by atoms with Crippen molar-refractivity contribution in [2.45, 2.75) is 44.8 Å². The molecule has 0 heterocycles. The van der Waals surface area contributed by atoms with Crippen LogP contribution in [0.4, 0.5) is 14.5 Å². The van der Waals surface area contributed by atoms with Crippen LogP contribution < -0.4 is 10.1 Å². The van der Waals surface area contributed by atoms with Crippen molar-refractivity contribution < 1.29 is 13.5 Å². The summed E-state index contributed by atoms with van der Waals surface area (Å²) in [7, 11) is 0. The van der Waals surface area contributed by atoms with Gasteiger partial charge in [0.1, 0.15) is 5.75 Å². The first-order valence-electron chi connectivity index (χ1n) is 6.05. The monoisotopic (exact) mass is 241 g/mol. The molecule has 1 aromatic carbocycles. The summed E-state index contributed by atoms with van der Waals surface area (Å²) in [5, 5.41) is 3.42. The quantitative estimate of drug-likeness (QED) is 0.859. The Balaban J connectivity index is 1.88. The zero-order valence-corrected chi connectivity index (χ0v) is 9.66. The van der Waals surface area contributed by atoms with Crippen LogP contribution in [0.15, 0.2) is 24.3 Å². The van der Waals surface area contributed by atoms with E-state index in [1.165, 1.54) is 32.1 Å². The number of alkyl halides is 2. The van der Waals surface area contributed by atoms with Crippen molar-refractivity contribution in [1.29, 1.82) is 0 Å². The zero-order chi connectivity index (χ0) is 12.1. The first kappa shape index (κ1) is 12.1. The van der Waals surface area contributed by atoms with Crippen LogP contribution in [0.25, 0.3) is 0 Å². The average Bonchev–Trinajstić information content (AvgIpc) is 2.32. The molecule has 0 amide bonds. The van der Waals surface area contributed by atoms with Crippen molar-refractivity contribution in [2.24, 2.45) is 0 Å². The van der Waals surface area contributed by atoms with Crippen molar-refractivity contribution in [3.8, 4) is 5.75 Å². The molecular formula is C13H17F2NO. The number of halogens is 2. The summed E-state index contributed by atoms with van der Waals surface area (Å²) in [4.78, 5) is 0. The molecule has 0 radical (unpaired) electrons. The van der Waals surface area contributed by atoms with E-state index < -0.39 is 6.61 Å². The predicted molar refractivity (Wildman–Crippen MR) is 63.6 cm³/mol. The molecule has 1 aromatic rings. The maximum absolute atomic E-state index is 12.0. The Kier molecular flexibility index (Phi) is 4.18. The van der Waals surface area contributed by atoms with Crippen LogP contribution in [0.5, 0.6) is 5.75 Å². The molecule has 0 atom stereocenters. The number of hydrogen-bond donors (Lipinski definition) is 1. The van der Waals surface area contributed by atoms with Crippen LogP contribution in [-0.4, -0.2) is 12.7 Å². The fourth-order valence-corrected chi connectivity index (χ4v) is 2.22. The number of hydrogen-bond acceptors (Lipinski definition) is 2. The molecule has 0 aliphatic heterocycles. The smallest absolute Gasteiger partial charge is 0.387 e. The lowest BCUT2D eigenvalue weighted by Crippen LogP contribution is -2.22. The zero-order valence-electron chi connectivity index (χ0n) is 9.66. The second kappa shape index (κ2) is 5.84. The van der Waals surface area contributed by atoms with Gasteiger partial charge in [0.05, 0.1) is 0 Å². The molecule has 2 nitrogen and oxygen atoms in total. The molecule has 0 unspecified atom stereocenters. The van der Waals surface area contributed by atoms with Gasteiger partial charge in [-0.1, -0.05) is 19.3 Å². The molecule has 1 aliphatic carbocycles. The molecule has 0 spiro atoms. The first-order chi connectivity index (χ1) is 8.24. The van der Waals surface area contributed by atoms with Gasteiger partial charge in [0, 0.05) is 11.7 Å². The average molecular weight is 241 g/mol. The topological polar surface area (TPSA) is 21.3 Å². The lowest BCUT2D eigenvalue weighted by Gasteiger charge is -2.23. The fraction of sp³-hybridized carbons (Fsp3) is 0.538. The van der Waals surface area contributed by atoms with Crippen molar-refractivity contribution in [3.63, 3.8) is 0 Å². The highest BCUT2D eigenvalue weighted by Crippen LogP contribution is 2.23. The molecule has 94 valence electrons. The van der Waals surface area contributed by atoms with Gasteiger partial charge in [0.25, 0.3) is 0 Å². The molecule has 1 saturated carbocycles. The minimum absolute atomic E-state index is 0.203. The maximum atomic E-state index is 12.0. The Hall–Kier alpha value is -1.32. The highest BCUT2D eigenvalue weighted by Gasteiger charge is 2.12. The summed E-state index contributed by atoms with van der Waals surface area (Å²) in [6, 6.07) is 7.22. The van der Waals surface area contributed by atoms with Gasteiger partial charge in [-0.15, -0.1) is 0 Å². The SMILES string of the molecule is FC(F)Oc1ccc(NC2CCCCC2)cc1. The number of rotatable bonds is 4. The Morgan fingerprint density at radius 2 is 1.71 bits per heavy atom. The molecule has 1 fully saturated rings. The fourth-order valence-electron chi connectivity index (χ4n) is 2.22. The van der Waals surface area contributed by atoms with Gasteiger partial charge < -0.3 is 10.1 Å². The normalized spacial score (nSPS) is 17.1. The van der Waals surface area contributed by atoms with Gasteiger partial charge in [-0.3, -0.25) is 0 Å². The molecule has 0 bridgehead atoms. The minimum Gasteiger partial charge on any atom is -0.435 e. The van der Waals surface area contributed by atoms with Crippen molar-refractivity contribution >= 4 is 5.69 Å². The van der Waals surface area contributed by atoms with E-state index in [1.54, 1.807) is 24.3 Å². The van der Waals surface area contributed by atoms with Gasteiger partial charge in [-0.05, 0) is 37.1 Å². The molecule has 17 heavy (non-hydrogen) atoms. The lowest BCUT2D eigenvalue weighted by molar-refractivity contribution is -0.0498. The van der Waals surface area contributed by atoms with Crippen LogP contribution in [-0.2, 0) is 0 Å². The Bertz CT molecular complexity index is 334. The maximum Gasteiger partial charge on any atom is 0.387 e. The third-order valence-corrected chi connectivity index (χ3v) is 3.06. The highest BCUT2D eigenvalue weighted by atomic mass is 19.3. The molecular weight excluding hydrogens is 224 g/mol. The van der Waals surface area contributed by atoms with Gasteiger partial charge in [-0.25, -0.2) is 0 Å². The molecule has 1 N–H and O–H groups in total. The van der Waals surface area contributed by atoms with Crippen LogP contribution in [0.2, 0.25) is 0 Å². The van der Waals surface area contributed by atoms with Crippen molar-refractivity contribution in [3.05, 3.63) is 24.3 Å². The van der Waals surface area contributed by atoms with Gasteiger partial charge >= 0.3 is 6.61 Å². The third kappa shape index (κ3) is 3.88. The van der Waals surface area contributed by atoms with E-state index in [1.807, 2.05) is 0 Å². The standard InChI is InChI=1S/C13H17F2NO/c14-13(15)17-12-8-6-11(7-9-12)16-10-4-2-1-3-5-10/h6-10,13,16H,1-5H2. The molecule has 0 saturated heterocycles. The van der Waals surface area contributed by atoms with Gasteiger partial charge in [0.2, 0.25) is 0 Å². The summed E-state index contributed by atoms with van der Waals surface area (Å²) in [5.41, 5.74) is 0.971. The van der Waals surface area contributed by atoms with E-state index in [4.69, 9.17) is 0 Å². The van der Waals surface area contributed by atoms with E-state index in [-0.39, 0.29) is 5.75 Å². The Labute approximate surface area is 100.0 Å². The highest BCUT2D eigenvalue weighted by molar-refractivity contribution is 5.47. The van der Waals surface area contributed by atoms with Crippen molar-refractivity contribution in [2.75, 3.05) is 5.32 Å². The summed E-state index contributed by atoms with van der Waals surface area (Å²) >= 11 is 0. The lowest BCUT2D eigenvalue weighted by atomic mass is 9.95. The van der Waals surface area contributed by atoms with Gasteiger partial charge in [0.15, 0.2) is 0 Å². The number of benzene rings is 1. The van der Waals surface area contributed by atoms with Crippen LogP contribution in [0.3, 0.4) is 0 Å². The summed E-state index contributed by atoms with van der Waals surface area (Å²) in [6.45, 7) is -2.76. The van der Waals surface area contributed by atoms with Crippen LogP contribution in [0, 0.1) is 0 Å². The Morgan fingerprint density at radius 1 is 1.06 bits per heavy atom. The molecule has 2 rings (SSSR count). The van der Waals surface area contributed by atoms with Crippen molar-refractivity contribution in [1.82, 2.24) is 0 Å². The number of anilines is 1. The van der Waals surface area contributed by atoms with E-state index in [2.05, 4.69) is 10.1 Å².